The fourth-order valence-electron chi connectivity index (χ4n) is 3.31. The van der Waals surface area contributed by atoms with Crippen LogP contribution in [0.4, 0.5) is 5.95 Å². The number of anilines is 1. The standard InChI is InChI=1S/C18H27IN6/c19-8-12-10-23-18(24-14-5-3-13(21)4-6-14)25-17(12)15(9-20)16(22)7-11-1-2-11/h9-11,13-14,20H,1-8,21-22H2,(H,23,24,25)/b16-15+,20-9?. The molecule has 1 aromatic rings. The van der Waals surface area contributed by atoms with E-state index in [0.29, 0.717) is 23.9 Å². The Labute approximate surface area is 162 Å². The molecule has 0 amide bonds. The Hall–Kier alpha value is -1.22. The summed E-state index contributed by atoms with van der Waals surface area (Å²) >= 11 is 2.31. The number of nitrogens with two attached hydrogens (primary N) is 2. The third-order valence-corrected chi connectivity index (χ3v) is 5.89. The molecule has 1 aromatic heterocycles. The number of aromatic nitrogens is 2. The van der Waals surface area contributed by atoms with Crippen LogP contribution in [0.2, 0.25) is 0 Å². The van der Waals surface area contributed by atoms with Crippen LogP contribution in [0.1, 0.15) is 56.2 Å². The summed E-state index contributed by atoms with van der Waals surface area (Å²) in [6, 6.07) is 0.694. The summed E-state index contributed by atoms with van der Waals surface area (Å²) in [6.07, 6.45) is 10.7. The van der Waals surface area contributed by atoms with Gasteiger partial charge in [0.1, 0.15) is 0 Å². The second-order valence-electron chi connectivity index (χ2n) is 7.19. The number of hydrogen-bond acceptors (Lipinski definition) is 6. The number of nitrogens with one attached hydrogen (secondary N) is 2. The number of allylic oxidation sites excluding steroid dienone is 2. The lowest BCUT2D eigenvalue weighted by atomic mass is 9.92. The van der Waals surface area contributed by atoms with Gasteiger partial charge in [-0.25, -0.2) is 9.97 Å². The van der Waals surface area contributed by atoms with Crippen molar-refractivity contribution in [3.05, 3.63) is 23.2 Å². The van der Waals surface area contributed by atoms with Crippen molar-refractivity contribution >= 4 is 40.3 Å². The van der Waals surface area contributed by atoms with Gasteiger partial charge in [0.15, 0.2) is 0 Å². The second kappa shape index (κ2) is 8.44. The lowest BCUT2D eigenvalue weighted by molar-refractivity contribution is 0.410. The molecule has 0 aliphatic heterocycles. The van der Waals surface area contributed by atoms with Crippen LogP contribution in [-0.2, 0) is 4.43 Å². The van der Waals surface area contributed by atoms with Gasteiger partial charge in [0, 0.05) is 45.8 Å². The molecule has 7 heteroatoms. The first-order chi connectivity index (χ1) is 12.1. The molecular formula is C18H27IN6. The van der Waals surface area contributed by atoms with Gasteiger partial charge < -0.3 is 22.2 Å². The van der Waals surface area contributed by atoms with Crippen LogP contribution in [0.3, 0.4) is 0 Å². The molecule has 2 saturated carbocycles. The summed E-state index contributed by atoms with van der Waals surface area (Å²) in [4.78, 5) is 9.21. The van der Waals surface area contributed by atoms with Gasteiger partial charge in [0.05, 0.1) is 5.69 Å². The van der Waals surface area contributed by atoms with Crippen molar-refractivity contribution in [2.24, 2.45) is 17.4 Å². The van der Waals surface area contributed by atoms with E-state index in [-0.39, 0.29) is 0 Å². The smallest absolute Gasteiger partial charge is 0.223 e. The van der Waals surface area contributed by atoms with E-state index in [0.717, 1.165) is 59.1 Å². The van der Waals surface area contributed by atoms with Crippen molar-refractivity contribution in [1.82, 2.24) is 9.97 Å². The summed E-state index contributed by atoms with van der Waals surface area (Å²) in [7, 11) is 0. The SMILES string of the molecule is N=C/C(=C(\N)CC1CC1)c1nc(NC2CCC(N)CC2)ncc1CI. The summed E-state index contributed by atoms with van der Waals surface area (Å²) in [5.74, 6) is 1.31. The van der Waals surface area contributed by atoms with Gasteiger partial charge in [-0.05, 0) is 50.9 Å². The number of halogens is 1. The molecule has 25 heavy (non-hydrogen) atoms. The summed E-state index contributed by atoms with van der Waals surface area (Å²) in [5, 5.41) is 11.3. The molecular weight excluding hydrogens is 427 g/mol. The van der Waals surface area contributed by atoms with E-state index >= 15 is 0 Å². The molecule has 0 radical (unpaired) electrons. The third-order valence-electron chi connectivity index (χ3n) is 5.06. The summed E-state index contributed by atoms with van der Waals surface area (Å²) < 4.78 is 0.791. The van der Waals surface area contributed by atoms with Crippen LogP contribution in [0.15, 0.2) is 11.9 Å². The fraction of sp³-hybridized carbons (Fsp3) is 0.611. The predicted octanol–water partition coefficient (Wildman–Crippen LogP) is 3.21. The highest BCUT2D eigenvalue weighted by Crippen LogP contribution is 2.35. The minimum Gasteiger partial charge on any atom is -0.401 e. The van der Waals surface area contributed by atoms with Crippen LogP contribution in [0.25, 0.3) is 5.57 Å². The third kappa shape index (κ3) is 4.91. The molecule has 6 nitrogen and oxygen atoms in total. The van der Waals surface area contributed by atoms with E-state index in [4.69, 9.17) is 21.9 Å². The van der Waals surface area contributed by atoms with Crippen LogP contribution >= 0.6 is 22.6 Å². The molecule has 2 fully saturated rings. The molecule has 0 saturated heterocycles. The lowest BCUT2D eigenvalue weighted by Crippen LogP contribution is -2.33. The van der Waals surface area contributed by atoms with E-state index in [9.17, 15) is 0 Å². The molecule has 6 N–H and O–H groups in total. The Kier molecular flexibility index (Phi) is 6.27. The number of alkyl halides is 1. The van der Waals surface area contributed by atoms with Crippen molar-refractivity contribution in [3.8, 4) is 0 Å². The summed E-state index contributed by atoms with van der Waals surface area (Å²) in [5.41, 5.74) is 15.6. The van der Waals surface area contributed by atoms with Crippen LogP contribution in [-0.4, -0.2) is 28.3 Å². The minimum absolute atomic E-state index is 0.325. The monoisotopic (exact) mass is 454 g/mol. The number of hydrogen-bond donors (Lipinski definition) is 4. The topological polar surface area (TPSA) is 114 Å². The van der Waals surface area contributed by atoms with E-state index in [1.165, 1.54) is 19.1 Å². The fourth-order valence-corrected chi connectivity index (χ4v) is 3.87. The van der Waals surface area contributed by atoms with Gasteiger partial charge in [-0.15, -0.1) is 0 Å². The first-order valence-corrected chi connectivity index (χ1v) is 10.6. The molecule has 0 unspecified atom stereocenters. The molecule has 0 bridgehead atoms. The predicted molar refractivity (Wildman–Crippen MR) is 111 cm³/mol. The molecule has 136 valence electrons. The molecule has 0 aromatic carbocycles. The largest absolute Gasteiger partial charge is 0.401 e. The zero-order chi connectivity index (χ0) is 17.8. The Morgan fingerprint density at radius 1 is 1.28 bits per heavy atom. The first-order valence-electron chi connectivity index (χ1n) is 9.04. The Morgan fingerprint density at radius 2 is 2.00 bits per heavy atom. The average molecular weight is 454 g/mol. The van der Waals surface area contributed by atoms with Gasteiger partial charge in [-0.2, -0.15) is 0 Å². The Bertz CT molecular complexity index is 647. The highest BCUT2D eigenvalue weighted by molar-refractivity contribution is 14.1. The second-order valence-corrected chi connectivity index (χ2v) is 7.95. The highest BCUT2D eigenvalue weighted by Gasteiger charge is 2.24. The molecule has 0 atom stereocenters. The van der Waals surface area contributed by atoms with Crippen molar-refractivity contribution in [2.75, 3.05) is 5.32 Å². The zero-order valence-electron chi connectivity index (χ0n) is 14.5. The summed E-state index contributed by atoms with van der Waals surface area (Å²) in [6.45, 7) is 0. The Morgan fingerprint density at radius 3 is 2.60 bits per heavy atom. The Balaban J connectivity index is 1.82. The molecule has 2 aliphatic carbocycles. The van der Waals surface area contributed by atoms with E-state index < -0.39 is 0 Å². The van der Waals surface area contributed by atoms with Crippen molar-refractivity contribution < 1.29 is 0 Å². The highest BCUT2D eigenvalue weighted by atomic mass is 127. The molecule has 1 heterocycles. The molecule has 0 spiro atoms. The van der Waals surface area contributed by atoms with E-state index in [1.807, 2.05) is 6.20 Å². The van der Waals surface area contributed by atoms with Gasteiger partial charge >= 0.3 is 0 Å². The van der Waals surface area contributed by atoms with Crippen molar-refractivity contribution in [2.45, 2.75) is 61.5 Å². The van der Waals surface area contributed by atoms with Crippen LogP contribution < -0.4 is 16.8 Å². The van der Waals surface area contributed by atoms with Crippen LogP contribution in [0, 0.1) is 11.3 Å². The normalized spacial score (nSPS) is 24.6. The van der Waals surface area contributed by atoms with E-state index in [1.54, 1.807) is 0 Å². The maximum atomic E-state index is 7.85. The number of rotatable bonds is 7. The maximum Gasteiger partial charge on any atom is 0.223 e. The van der Waals surface area contributed by atoms with Crippen molar-refractivity contribution in [3.63, 3.8) is 0 Å². The average Bonchev–Trinajstić information content (AvgIpc) is 3.42. The van der Waals surface area contributed by atoms with Gasteiger partial charge in [0.25, 0.3) is 0 Å². The van der Waals surface area contributed by atoms with Gasteiger partial charge in [0.2, 0.25) is 5.95 Å². The molecule has 2 aliphatic rings. The van der Waals surface area contributed by atoms with Gasteiger partial charge in [-0.1, -0.05) is 22.6 Å². The lowest BCUT2D eigenvalue weighted by Gasteiger charge is -2.27. The van der Waals surface area contributed by atoms with Gasteiger partial charge in [-0.3, -0.25) is 0 Å². The van der Waals surface area contributed by atoms with E-state index in [2.05, 4.69) is 32.9 Å². The van der Waals surface area contributed by atoms with Crippen molar-refractivity contribution in [1.29, 1.82) is 5.41 Å². The quantitative estimate of drug-likeness (QED) is 0.287. The first kappa shape index (κ1) is 18.6. The van der Waals surface area contributed by atoms with Crippen LogP contribution in [0.5, 0.6) is 0 Å². The molecule has 3 rings (SSSR count). The minimum atomic E-state index is 0.325. The maximum absolute atomic E-state index is 7.85. The number of nitrogens with zero attached hydrogens (tertiary/aromatic N) is 2. The zero-order valence-corrected chi connectivity index (χ0v) is 16.6.